The molecule has 5 nitrogen and oxygen atoms in total. The Morgan fingerprint density at radius 2 is 2.47 bits per heavy atom. The van der Waals surface area contributed by atoms with Gasteiger partial charge in [0.25, 0.3) is 0 Å². The van der Waals surface area contributed by atoms with Crippen molar-refractivity contribution in [2.45, 2.75) is 39.2 Å². The summed E-state index contributed by atoms with van der Waals surface area (Å²) < 4.78 is 0. The number of anilines is 1. The van der Waals surface area contributed by atoms with E-state index < -0.39 is 0 Å². The summed E-state index contributed by atoms with van der Waals surface area (Å²) in [5.41, 5.74) is 1.07. The van der Waals surface area contributed by atoms with E-state index in [0.717, 1.165) is 31.5 Å². The number of nitrogens with zero attached hydrogens (tertiary/aromatic N) is 1. The second-order valence-electron chi connectivity index (χ2n) is 4.72. The van der Waals surface area contributed by atoms with Crippen molar-refractivity contribution in [2.24, 2.45) is 5.92 Å². The smallest absolute Gasteiger partial charge is 0.242 e. The molecule has 0 aliphatic carbocycles. The van der Waals surface area contributed by atoms with Gasteiger partial charge in [0.15, 0.2) is 5.82 Å². The number of hydrogen-bond donors (Lipinski definition) is 3. The number of aryl methyl sites for hydroxylation is 1. The fraction of sp³-hybridized carbons (Fsp3) is 0.667. The molecule has 2 rings (SSSR count). The predicted octanol–water partition coefficient (Wildman–Crippen LogP) is 1.30. The van der Waals surface area contributed by atoms with Crippen LogP contribution in [0.1, 0.15) is 32.4 Å². The molecule has 0 spiro atoms. The zero-order valence-electron chi connectivity index (χ0n) is 10.4. The number of H-pyrrole nitrogens is 1. The van der Waals surface area contributed by atoms with Crippen LogP contribution < -0.4 is 10.6 Å². The van der Waals surface area contributed by atoms with Gasteiger partial charge in [-0.05, 0) is 25.3 Å². The molecule has 94 valence electrons. The van der Waals surface area contributed by atoms with Gasteiger partial charge in [-0.25, -0.2) is 0 Å². The molecular weight excluding hydrogens is 216 g/mol. The third kappa shape index (κ3) is 2.85. The second-order valence-corrected chi connectivity index (χ2v) is 4.72. The fourth-order valence-electron chi connectivity index (χ4n) is 2.21. The first-order chi connectivity index (χ1) is 8.20. The Balaban J connectivity index is 1.93. The summed E-state index contributed by atoms with van der Waals surface area (Å²) >= 11 is 0. The van der Waals surface area contributed by atoms with Crippen LogP contribution in [0.15, 0.2) is 6.07 Å². The van der Waals surface area contributed by atoms with Crippen molar-refractivity contribution < 1.29 is 4.79 Å². The first kappa shape index (κ1) is 12.1. The van der Waals surface area contributed by atoms with Crippen LogP contribution in [-0.2, 0) is 11.2 Å². The molecule has 1 aromatic heterocycles. The van der Waals surface area contributed by atoms with Crippen LogP contribution >= 0.6 is 0 Å². The van der Waals surface area contributed by atoms with Gasteiger partial charge in [-0.3, -0.25) is 9.89 Å². The lowest BCUT2D eigenvalue weighted by Gasteiger charge is -2.13. The van der Waals surface area contributed by atoms with Gasteiger partial charge in [0.1, 0.15) is 0 Å². The van der Waals surface area contributed by atoms with E-state index in [4.69, 9.17) is 0 Å². The van der Waals surface area contributed by atoms with Crippen molar-refractivity contribution in [3.05, 3.63) is 11.8 Å². The summed E-state index contributed by atoms with van der Waals surface area (Å²) in [5, 5.41) is 13.1. The van der Waals surface area contributed by atoms with Gasteiger partial charge in [-0.2, -0.15) is 5.10 Å². The average Bonchev–Trinajstić information content (AvgIpc) is 2.88. The Kier molecular flexibility index (Phi) is 3.78. The van der Waals surface area contributed by atoms with Gasteiger partial charge < -0.3 is 10.6 Å². The minimum atomic E-state index is -0.0821. The van der Waals surface area contributed by atoms with E-state index in [-0.39, 0.29) is 11.9 Å². The standard InChI is InChI=1S/C12H20N4O/c1-3-4-9-7-10(16-15-9)14-12(17)11-8(2)5-6-13-11/h7-8,11,13H,3-6H2,1-2H3,(H2,14,15,16,17). The zero-order valence-corrected chi connectivity index (χ0v) is 10.4. The van der Waals surface area contributed by atoms with Gasteiger partial charge in [0.05, 0.1) is 6.04 Å². The maximum atomic E-state index is 12.0. The van der Waals surface area contributed by atoms with Crippen LogP contribution in [0.3, 0.4) is 0 Å². The summed E-state index contributed by atoms with van der Waals surface area (Å²) in [6, 6.07) is 1.82. The lowest BCUT2D eigenvalue weighted by molar-refractivity contribution is -0.118. The third-order valence-electron chi connectivity index (χ3n) is 3.22. The first-order valence-electron chi connectivity index (χ1n) is 6.29. The van der Waals surface area contributed by atoms with E-state index in [1.54, 1.807) is 0 Å². The molecular formula is C12H20N4O. The number of carbonyl (C=O) groups excluding carboxylic acids is 1. The Morgan fingerprint density at radius 3 is 3.12 bits per heavy atom. The SMILES string of the molecule is CCCc1cc(NC(=O)C2NCCC2C)n[nH]1. The van der Waals surface area contributed by atoms with E-state index in [1.807, 2.05) is 6.07 Å². The maximum Gasteiger partial charge on any atom is 0.242 e. The Morgan fingerprint density at radius 1 is 1.65 bits per heavy atom. The minimum Gasteiger partial charge on any atom is -0.308 e. The van der Waals surface area contributed by atoms with E-state index >= 15 is 0 Å². The van der Waals surface area contributed by atoms with Gasteiger partial charge in [0.2, 0.25) is 5.91 Å². The molecule has 0 radical (unpaired) electrons. The highest BCUT2D eigenvalue weighted by Gasteiger charge is 2.29. The largest absolute Gasteiger partial charge is 0.308 e. The van der Waals surface area contributed by atoms with E-state index in [0.29, 0.717) is 11.7 Å². The first-order valence-corrected chi connectivity index (χ1v) is 6.29. The maximum absolute atomic E-state index is 12.0. The minimum absolute atomic E-state index is 0.0181. The fourth-order valence-corrected chi connectivity index (χ4v) is 2.21. The van der Waals surface area contributed by atoms with Crippen LogP contribution in [0, 0.1) is 5.92 Å². The van der Waals surface area contributed by atoms with Crippen molar-refractivity contribution >= 4 is 11.7 Å². The number of amides is 1. The second kappa shape index (κ2) is 5.31. The number of aromatic amines is 1. The van der Waals surface area contributed by atoms with Crippen LogP contribution in [0.5, 0.6) is 0 Å². The van der Waals surface area contributed by atoms with Gasteiger partial charge in [-0.15, -0.1) is 0 Å². The monoisotopic (exact) mass is 236 g/mol. The molecule has 5 heteroatoms. The molecule has 0 saturated carbocycles. The van der Waals surface area contributed by atoms with Crippen molar-refractivity contribution in [2.75, 3.05) is 11.9 Å². The summed E-state index contributed by atoms with van der Waals surface area (Å²) in [6.45, 7) is 5.13. The molecule has 1 aliphatic heterocycles. The Hall–Kier alpha value is -1.36. The van der Waals surface area contributed by atoms with Gasteiger partial charge in [0, 0.05) is 11.8 Å². The number of carbonyl (C=O) groups is 1. The van der Waals surface area contributed by atoms with Crippen LogP contribution in [0.4, 0.5) is 5.82 Å². The van der Waals surface area contributed by atoms with Crippen LogP contribution in [0.2, 0.25) is 0 Å². The zero-order chi connectivity index (χ0) is 12.3. The third-order valence-corrected chi connectivity index (χ3v) is 3.22. The molecule has 17 heavy (non-hydrogen) atoms. The van der Waals surface area contributed by atoms with Crippen molar-refractivity contribution in [1.29, 1.82) is 0 Å². The highest BCUT2D eigenvalue weighted by molar-refractivity contribution is 5.94. The molecule has 1 aromatic rings. The molecule has 2 unspecified atom stereocenters. The quantitative estimate of drug-likeness (QED) is 0.738. The normalized spacial score (nSPS) is 23.9. The predicted molar refractivity (Wildman–Crippen MR) is 66.8 cm³/mol. The highest BCUT2D eigenvalue weighted by Crippen LogP contribution is 2.16. The van der Waals surface area contributed by atoms with Crippen LogP contribution in [-0.4, -0.2) is 28.7 Å². The van der Waals surface area contributed by atoms with Crippen molar-refractivity contribution in [3.63, 3.8) is 0 Å². The molecule has 1 aliphatic rings. The summed E-state index contributed by atoms with van der Waals surface area (Å²) in [4.78, 5) is 12.0. The number of aromatic nitrogens is 2. The molecule has 0 aromatic carbocycles. The van der Waals surface area contributed by atoms with Crippen molar-refractivity contribution in [1.82, 2.24) is 15.5 Å². The van der Waals surface area contributed by atoms with Gasteiger partial charge in [-0.1, -0.05) is 20.3 Å². The Labute approximate surface area is 101 Å². The van der Waals surface area contributed by atoms with Crippen LogP contribution in [0.25, 0.3) is 0 Å². The molecule has 2 heterocycles. The highest BCUT2D eigenvalue weighted by atomic mass is 16.2. The molecule has 1 amide bonds. The number of nitrogens with one attached hydrogen (secondary N) is 3. The molecule has 1 saturated heterocycles. The summed E-state index contributed by atoms with van der Waals surface area (Å²) in [6.07, 6.45) is 3.08. The van der Waals surface area contributed by atoms with E-state index in [2.05, 4.69) is 34.7 Å². The topological polar surface area (TPSA) is 69.8 Å². The summed E-state index contributed by atoms with van der Waals surface area (Å²) in [7, 11) is 0. The Bertz CT molecular complexity index is 388. The molecule has 0 bridgehead atoms. The number of rotatable bonds is 4. The van der Waals surface area contributed by atoms with E-state index in [1.165, 1.54) is 0 Å². The van der Waals surface area contributed by atoms with E-state index in [9.17, 15) is 4.79 Å². The molecule has 3 N–H and O–H groups in total. The number of hydrogen-bond acceptors (Lipinski definition) is 3. The average molecular weight is 236 g/mol. The molecule has 1 fully saturated rings. The van der Waals surface area contributed by atoms with Gasteiger partial charge >= 0.3 is 0 Å². The molecule has 2 atom stereocenters. The summed E-state index contributed by atoms with van der Waals surface area (Å²) in [5.74, 6) is 1.04. The lowest BCUT2D eigenvalue weighted by atomic mass is 10.0. The lowest BCUT2D eigenvalue weighted by Crippen LogP contribution is -2.39. The van der Waals surface area contributed by atoms with Crippen molar-refractivity contribution in [3.8, 4) is 0 Å².